The second-order valence-electron chi connectivity index (χ2n) is 4.76. The van der Waals surface area contributed by atoms with Crippen LogP contribution in [0.1, 0.15) is 30.9 Å². The Bertz CT molecular complexity index is 422. The van der Waals surface area contributed by atoms with Gasteiger partial charge in [-0.15, -0.1) is 0 Å². The van der Waals surface area contributed by atoms with Crippen molar-refractivity contribution in [3.05, 3.63) is 35.4 Å². The minimum atomic E-state index is -0.944. The number of aryl methyl sites for hydroxylation is 1. The molecule has 1 rings (SSSR count). The van der Waals surface area contributed by atoms with E-state index in [1.807, 2.05) is 43.0 Å². The second kappa shape index (κ2) is 7.56. The second-order valence-corrected chi connectivity index (χ2v) is 6.16. The molecule has 4 heteroatoms. The Morgan fingerprint density at radius 1 is 1.47 bits per heavy atom. The molecule has 0 aliphatic rings. The van der Waals surface area contributed by atoms with E-state index in [-0.39, 0.29) is 6.54 Å². The zero-order valence-electron chi connectivity index (χ0n) is 11.7. The lowest BCUT2D eigenvalue weighted by Crippen LogP contribution is -2.43. The average Bonchev–Trinajstić information content (AvgIpc) is 2.39. The molecule has 0 aromatic heterocycles. The van der Waals surface area contributed by atoms with E-state index in [0.717, 1.165) is 29.1 Å². The molecule has 3 nitrogen and oxygen atoms in total. The number of hydrogen-bond acceptors (Lipinski definition) is 3. The highest BCUT2D eigenvalue weighted by atomic mass is 32.2. The lowest BCUT2D eigenvalue weighted by Gasteiger charge is -2.29. The Balaban J connectivity index is 2.95. The minimum absolute atomic E-state index is 0.141. The molecule has 0 saturated heterocycles. The molecule has 1 unspecified atom stereocenters. The highest BCUT2D eigenvalue weighted by Gasteiger charge is 2.38. The molecule has 0 bridgehead atoms. The maximum atomic E-state index is 11.7. The van der Waals surface area contributed by atoms with Gasteiger partial charge in [-0.2, -0.15) is 11.8 Å². The first-order valence-electron chi connectivity index (χ1n) is 6.65. The van der Waals surface area contributed by atoms with Crippen molar-refractivity contribution in [2.75, 3.05) is 18.1 Å². The summed E-state index contributed by atoms with van der Waals surface area (Å²) in [5, 5.41) is 9.64. The number of thioether (sulfide) groups is 1. The molecule has 0 aliphatic carbocycles. The predicted octanol–water partition coefficient (Wildman–Crippen LogP) is 2.81. The van der Waals surface area contributed by atoms with Crippen molar-refractivity contribution >= 4 is 17.7 Å². The van der Waals surface area contributed by atoms with Gasteiger partial charge in [0.15, 0.2) is 0 Å². The summed E-state index contributed by atoms with van der Waals surface area (Å²) in [7, 11) is 0. The normalized spacial score (nSPS) is 14.1. The topological polar surface area (TPSA) is 63.3 Å². The fourth-order valence-electron chi connectivity index (χ4n) is 2.25. The highest BCUT2D eigenvalue weighted by Crippen LogP contribution is 2.30. The average molecular weight is 281 g/mol. The van der Waals surface area contributed by atoms with Crippen LogP contribution in [0, 0.1) is 6.92 Å². The smallest absolute Gasteiger partial charge is 0.315 e. The van der Waals surface area contributed by atoms with E-state index in [4.69, 9.17) is 5.73 Å². The third kappa shape index (κ3) is 3.98. The summed E-state index contributed by atoms with van der Waals surface area (Å²) in [6.45, 7) is 4.22. The van der Waals surface area contributed by atoms with Gasteiger partial charge >= 0.3 is 5.97 Å². The van der Waals surface area contributed by atoms with E-state index in [2.05, 4.69) is 6.92 Å². The molecule has 0 saturated carbocycles. The molecule has 3 N–H and O–H groups in total. The van der Waals surface area contributed by atoms with E-state index in [9.17, 15) is 9.90 Å². The molecule has 19 heavy (non-hydrogen) atoms. The fraction of sp³-hybridized carbons (Fsp3) is 0.533. The van der Waals surface area contributed by atoms with Gasteiger partial charge in [-0.25, -0.2) is 0 Å². The first-order chi connectivity index (χ1) is 9.06. The Labute approximate surface area is 119 Å². The van der Waals surface area contributed by atoms with E-state index in [1.54, 1.807) is 0 Å². The summed E-state index contributed by atoms with van der Waals surface area (Å²) in [6, 6.07) is 7.69. The van der Waals surface area contributed by atoms with E-state index in [1.165, 1.54) is 0 Å². The van der Waals surface area contributed by atoms with Gasteiger partial charge in [0.1, 0.15) is 5.41 Å². The van der Waals surface area contributed by atoms with Gasteiger partial charge < -0.3 is 10.8 Å². The van der Waals surface area contributed by atoms with Crippen molar-refractivity contribution in [1.29, 1.82) is 0 Å². The molecule has 0 aliphatic heterocycles. The maximum absolute atomic E-state index is 11.7. The van der Waals surface area contributed by atoms with Crippen molar-refractivity contribution in [3.63, 3.8) is 0 Å². The summed E-state index contributed by atoms with van der Waals surface area (Å²) >= 11 is 1.84. The Hall–Kier alpha value is -1.00. The molecule has 1 aromatic rings. The van der Waals surface area contributed by atoms with E-state index < -0.39 is 11.4 Å². The molecule has 0 spiro atoms. The minimum Gasteiger partial charge on any atom is -0.481 e. The zero-order chi connectivity index (χ0) is 14.3. The van der Waals surface area contributed by atoms with Gasteiger partial charge in [0.25, 0.3) is 0 Å². The molecular weight excluding hydrogens is 258 g/mol. The molecule has 0 fully saturated rings. The Kier molecular flexibility index (Phi) is 6.38. The fourth-order valence-corrected chi connectivity index (χ4v) is 2.88. The van der Waals surface area contributed by atoms with E-state index >= 15 is 0 Å². The lowest BCUT2D eigenvalue weighted by atomic mass is 9.76. The summed E-state index contributed by atoms with van der Waals surface area (Å²) in [5.74, 6) is 1.23. The van der Waals surface area contributed by atoms with Crippen LogP contribution in [0.3, 0.4) is 0 Å². The van der Waals surface area contributed by atoms with Crippen molar-refractivity contribution in [2.24, 2.45) is 5.73 Å². The number of carboxylic acids is 1. The molecule has 0 amide bonds. The van der Waals surface area contributed by atoms with Crippen LogP contribution in [-0.2, 0) is 10.2 Å². The number of rotatable bonds is 8. The summed E-state index contributed by atoms with van der Waals surface area (Å²) < 4.78 is 0. The van der Waals surface area contributed by atoms with Crippen LogP contribution in [-0.4, -0.2) is 29.1 Å². The summed E-state index contributed by atoms with van der Waals surface area (Å²) in [5.41, 5.74) is 6.77. The first-order valence-corrected chi connectivity index (χ1v) is 7.80. The molecule has 106 valence electrons. The maximum Gasteiger partial charge on any atom is 0.315 e. The third-order valence-electron chi connectivity index (χ3n) is 3.42. The monoisotopic (exact) mass is 281 g/mol. The number of carboxylic acid groups (broad SMARTS) is 1. The van der Waals surface area contributed by atoms with Crippen molar-refractivity contribution in [1.82, 2.24) is 0 Å². The number of hydrogen-bond donors (Lipinski definition) is 2. The number of nitrogens with two attached hydrogens (primary N) is 1. The predicted molar refractivity (Wildman–Crippen MR) is 81.8 cm³/mol. The molecule has 1 atom stereocenters. The van der Waals surface area contributed by atoms with Crippen LogP contribution in [0.25, 0.3) is 0 Å². The van der Waals surface area contributed by atoms with Crippen molar-refractivity contribution in [2.45, 2.75) is 32.1 Å². The summed E-state index contributed by atoms with van der Waals surface area (Å²) in [6.07, 6.45) is 1.46. The van der Waals surface area contributed by atoms with Gasteiger partial charge in [-0.05, 0) is 36.8 Å². The van der Waals surface area contributed by atoms with E-state index in [0.29, 0.717) is 6.42 Å². The SMILES string of the molecule is CCSCCCC(CN)(C(=O)O)c1cccc(C)c1. The van der Waals surface area contributed by atoms with Gasteiger partial charge in [0, 0.05) is 6.54 Å². The Morgan fingerprint density at radius 2 is 2.21 bits per heavy atom. The van der Waals surface area contributed by atoms with Crippen molar-refractivity contribution in [3.8, 4) is 0 Å². The van der Waals surface area contributed by atoms with Gasteiger partial charge in [0.2, 0.25) is 0 Å². The van der Waals surface area contributed by atoms with Crippen LogP contribution in [0.5, 0.6) is 0 Å². The van der Waals surface area contributed by atoms with Crippen LogP contribution in [0.4, 0.5) is 0 Å². The summed E-state index contributed by atoms with van der Waals surface area (Å²) in [4.78, 5) is 11.7. The zero-order valence-corrected chi connectivity index (χ0v) is 12.5. The quantitative estimate of drug-likeness (QED) is 0.719. The highest BCUT2D eigenvalue weighted by molar-refractivity contribution is 7.99. The van der Waals surface area contributed by atoms with Crippen LogP contribution in [0.2, 0.25) is 0 Å². The van der Waals surface area contributed by atoms with Crippen LogP contribution in [0.15, 0.2) is 24.3 Å². The standard InChI is InChI=1S/C15H23NO2S/c1-3-19-9-5-8-15(11-16,14(17)18)13-7-4-6-12(2)10-13/h4,6-7,10H,3,5,8-9,11,16H2,1-2H3,(H,17,18). The molecular formula is C15H23NO2S. The van der Waals surface area contributed by atoms with Crippen molar-refractivity contribution < 1.29 is 9.90 Å². The lowest BCUT2D eigenvalue weighted by molar-refractivity contribution is -0.143. The van der Waals surface area contributed by atoms with Gasteiger partial charge in [-0.1, -0.05) is 36.8 Å². The number of carbonyl (C=O) groups is 1. The third-order valence-corrected chi connectivity index (χ3v) is 4.41. The van der Waals surface area contributed by atoms with Gasteiger partial charge in [0.05, 0.1) is 0 Å². The molecule has 0 heterocycles. The Morgan fingerprint density at radius 3 is 2.74 bits per heavy atom. The van der Waals surface area contributed by atoms with Crippen LogP contribution >= 0.6 is 11.8 Å². The number of aliphatic carboxylic acids is 1. The molecule has 0 radical (unpaired) electrons. The largest absolute Gasteiger partial charge is 0.481 e. The number of benzene rings is 1. The van der Waals surface area contributed by atoms with Gasteiger partial charge in [-0.3, -0.25) is 4.79 Å². The van der Waals surface area contributed by atoms with Crippen LogP contribution < -0.4 is 5.73 Å². The molecule has 1 aromatic carbocycles. The first kappa shape index (κ1) is 16.1.